The Morgan fingerprint density at radius 3 is 2.50 bits per heavy atom. The molecule has 0 atom stereocenters. The minimum absolute atomic E-state index is 0.342. The normalized spacial score (nSPS) is 9.81. The summed E-state index contributed by atoms with van der Waals surface area (Å²) in [6, 6.07) is 12.5. The lowest BCUT2D eigenvalue weighted by Crippen LogP contribution is -1.90. The third-order valence-electron chi connectivity index (χ3n) is 2.11. The molecule has 0 saturated heterocycles. The van der Waals surface area contributed by atoms with Gasteiger partial charge in [-0.1, -0.05) is 41.4 Å². The van der Waals surface area contributed by atoms with Crippen molar-refractivity contribution < 1.29 is 0 Å². The number of hydrogen-bond donors (Lipinski definition) is 0. The van der Waals surface area contributed by atoms with Gasteiger partial charge in [0.15, 0.2) is 0 Å². The van der Waals surface area contributed by atoms with E-state index in [0.717, 1.165) is 0 Å². The van der Waals surface area contributed by atoms with E-state index in [-0.39, 0.29) is 0 Å². The Kier molecular flexibility index (Phi) is 3.09. The molecule has 0 aliphatic rings. The van der Waals surface area contributed by atoms with Gasteiger partial charge in [-0.2, -0.15) is 5.26 Å². The SMILES string of the molecule is N#Cc1ccc(Cl)nc1-c1ccccc1Cl. The molecular formula is C12H6Cl2N2. The molecule has 4 heteroatoms. The number of aromatic nitrogens is 1. The summed E-state index contributed by atoms with van der Waals surface area (Å²) < 4.78 is 0. The van der Waals surface area contributed by atoms with E-state index >= 15 is 0 Å². The molecule has 0 radical (unpaired) electrons. The second-order valence-corrected chi connectivity index (χ2v) is 3.92. The van der Waals surface area contributed by atoms with E-state index < -0.39 is 0 Å². The highest BCUT2D eigenvalue weighted by Crippen LogP contribution is 2.29. The van der Waals surface area contributed by atoms with E-state index in [0.29, 0.717) is 27.0 Å². The highest BCUT2D eigenvalue weighted by Gasteiger charge is 2.10. The van der Waals surface area contributed by atoms with Crippen molar-refractivity contribution in [1.82, 2.24) is 4.98 Å². The van der Waals surface area contributed by atoms with Crippen LogP contribution in [0.25, 0.3) is 11.3 Å². The predicted octanol–water partition coefficient (Wildman–Crippen LogP) is 3.93. The number of nitrogens with zero attached hydrogens (tertiary/aromatic N) is 2. The Labute approximate surface area is 103 Å². The summed E-state index contributed by atoms with van der Waals surface area (Å²) in [4.78, 5) is 4.13. The number of benzene rings is 1. The van der Waals surface area contributed by atoms with Crippen LogP contribution in [-0.2, 0) is 0 Å². The van der Waals surface area contributed by atoms with Gasteiger partial charge in [0, 0.05) is 5.56 Å². The molecule has 1 aromatic heterocycles. The van der Waals surface area contributed by atoms with Crippen LogP contribution in [0, 0.1) is 11.3 Å². The van der Waals surface area contributed by atoms with Crippen molar-refractivity contribution in [2.24, 2.45) is 0 Å². The lowest BCUT2D eigenvalue weighted by atomic mass is 10.1. The fourth-order valence-electron chi connectivity index (χ4n) is 1.38. The molecule has 2 aromatic rings. The average Bonchev–Trinajstić information content (AvgIpc) is 2.29. The Morgan fingerprint density at radius 2 is 1.81 bits per heavy atom. The molecule has 78 valence electrons. The van der Waals surface area contributed by atoms with Crippen molar-refractivity contribution in [1.29, 1.82) is 5.26 Å². The lowest BCUT2D eigenvalue weighted by Gasteiger charge is -2.05. The number of pyridine rings is 1. The van der Waals surface area contributed by atoms with Gasteiger partial charge in [0.1, 0.15) is 11.2 Å². The summed E-state index contributed by atoms with van der Waals surface area (Å²) in [5, 5.41) is 9.88. The number of nitriles is 1. The van der Waals surface area contributed by atoms with Crippen LogP contribution in [0.4, 0.5) is 0 Å². The van der Waals surface area contributed by atoms with Gasteiger partial charge in [0.25, 0.3) is 0 Å². The molecule has 0 spiro atoms. The number of hydrogen-bond acceptors (Lipinski definition) is 2. The Bertz CT molecular complexity index is 573. The Hall–Kier alpha value is -1.56. The third kappa shape index (κ3) is 2.01. The van der Waals surface area contributed by atoms with Gasteiger partial charge in [-0.15, -0.1) is 0 Å². The summed E-state index contributed by atoms with van der Waals surface area (Å²) in [6.45, 7) is 0. The molecule has 0 fully saturated rings. The Morgan fingerprint density at radius 1 is 1.06 bits per heavy atom. The van der Waals surface area contributed by atoms with Crippen LogP contribution in [0.1, 0.15) is 5.56 Å². The smallest absolute Gasteiger partial charge is 0.129 e. The first-order valence-corrected chi connectivity index (χ1v) is 5.29. The van der Waals surface area contributed by atoms with Crippen molar-refractivity contribution in [2.45, 2.75) is 0 Å². The van der Waals surface area contributed by atoms with Gasteiger partial charge >= 0.3 is 0 Å². The van der Waals surface area contributed by atoms with Crippen LogP contribution < -0.4 is 0 Å². The van der Waals surface area contributed by atoms with Crippen molar-refractivity contribution in [3.05, 3.63) is 52.1 Å². The van der Waals surface area contributed by atoms with E-state index in [2.05, 4.69) is 11.1 Å². The van der Waals surface area contributed by atoms with Crippen molar-refractivity contribution in [3.8, 4) is 17.3 Å². The molecule has 0 N–H and O–H groups in total. The molecule has 0 aliphatic carbocycles. The van der Waals surface area contributed by atoms with Crippen molar-refractivity contribution >= 4 is 23.2 Å². The molecule has 0 saturated carbocycles. The maximum atomic E-state index is 8.99. The fraction of sp³-hybridized carbons (Fsp3) is 0. The summed E-state index contributed by atoms with van der Waals surface area (Å²) >= 11 is 11.9. The quantitative estimate of drug-likeness (QED) is 0.718. The highest BCUT2D eigenvalue weighted by atomic mass is 35.5. The molecule has 1 aromatic carbocycles. The second-order valence-electron chi connectivity index (χ2n) is 3.12. The van der Waals surface area contributed by atoms with Gasteiger partial charge in [-0.3, -0.25) is 0 Å². The number of halogens is 2. The predicted molar refractivity (Wildman–Crippen MR) is 64.4 cm³/mol. The van der Waals surface area contributed by atoms with Crippen LogP contribution in [0.15, 0.2) is 36.4 Å². The second kappa shape index (κ2) is 4.52. The van der Waals surface area contributed by atoms with E-state index in [1.807, 2.05) is 18.2 Å². The zero-order valence-corrected chi connectivity index (χ0v) is 9.63. The first-order chi connectivity index (χ1) is 7.72. The number of rotatable bonds is 1. The largest absolute Gasteiger partial charge is 0.235 e. The highest BCUT2D eigenvalue weighted by molar-refractivity contribution is 6.33. The van der Waals surface area contributed by atoms with Gasteiger partial charge in [-0.05, 0) is 18.2 Å². The van der Waals surface area contributed by atoms with Crippen LogP contribution in [0.2, 0.25) is 10.2 Å². The average molecular weight is 249 g/mol. The molecule has 0 unspecified atom stereocenters. The Balaban J connectivity index is 2.69. The van der Waals surface area contributed by atoms with Gasteiger partial charge < -0.3 is 0 Å². The molecule has 1 heterocycles. The van der Waals surface area contributed by atoms with Crippen LogP contribution in [0.5, 0.6) is 0 Å². The zero-order valence-electron chi connectivity index (χ0n) is 8.11. The van der Waals surface area contributed by atoms with Crippen molar-refractivity contribution in [3.63, 3.8) is 0 Å². The van der Waals surface area contributed by atoms with Gasteiger partial charge in [-0.25, -0.2) is 4.98 Å². The first-order valence-electron chi connectivity index (χ1n) is 4.54. The van der Waals surface area contributed by atoms with Crippen molar-refractivity contribution in [2.75, 3.05) is 0 Å². The van der Waals surface area contributed by atoms with Gasteiger partial charge in [0.05, 0.1) is 16.3 Å². The zero-order chi connectivity index (χ0) is 11.5. The van der Waals surface area contributed by atoms with Crippen LogP contribution in [-0.4, -0.2) is 4.98 Å². The summed E-state index contributed by atoms with van der Waals surface area (Å²) in [6.07, 6.45) is 0. The standard InChI is InChI=1S/C12H6Cl2N2/c13-10-4-2-1-3-9(10)12-8(7-15)5-6-11(14)16-12/h1-6H. The molecule has 16 heavy (non-hydrogen) atoms. The molecule has 2 rings (SSSR count). The molecular weight excluding hydrogens is 243 g/mol. The van der Waals surface area contributed by atoms with E-state index in [4.69, 9.17) is 28.5 Å². The van der Waals surface area contributed by atoms with Crippen LogP contribution >= 0.6 is 23.2 Å². The summed E-state index contributed by atoms with van der Waals surface area (Å²) in [5.74, 6) is 0. The molecule has 0 amide bonds. The molecule has 0 bridgehead atoms. The van der Waals surface area contributed by atoms with E-state index in [1.54, 1.807) is 18.2 Å². The summed E-state index contributed by atoms with van der Waals surface area (Å²) in [5.41, 5.74) is 1.68. The fourth-order valence-corrected chi connectivity index (χ4v) is 1.76. The monoisotopic (exact) mass is 248 g/mol. The third-order valence-corrected chi connectivity index (χ3v) is 2.65. The molecule has 2 nitrogen and oxygen atoms in total. The van der Waals surface area contributed by atoms with E-state index in [1.165, 1.54) is 0 Å². The van der Waals surface area contributed by atoms with Crippen LogP contribution in [0.3, 0.4) is 0 Å². The first kappa shape index (κ1) is 10.9. The maximum Gasteiger partial charge on any atom is 0.129 e. The molecule has 0 aliphatic heterocycles. The minimum Gasteiger partial charge on any atom is -0.235 e. The lowest BCUT2D eigenvalue weighted by molar-refractivity contribution is 1.30. The maximum absolute atomic E-state index is 8.99. The van der Waals surface area contributed by atoms with Gasteiger partial charge in [0.2, 0.25) is 0 Å². The minimum atomic E-state index is 0.342. The topological polar surface area (TPSA) is 36.7 Å². The van der Waals surface area contributed by atoms with E-state index in [9.17, 15) is 0 Å². The summed E-state index contributed by atoms with van der Waals surface area (Å²) in [7, 11) is 0.